The van der Waals surface area contributed by atoms with Crippen LogP contribution >= 0.6 is 0 Å². The van der Waals surface area contributed by atoms with E-state index in [4.69, 9.17) is 5.84 Å². The van der Waals surface area contributed by atoms with Gasteiger partial charge in [-0.3, -0.25) is 14.4 Å². The first kappa shape index (κ1) is 14.2. The highest BCUT2D eigenvalue weighted by Crippen LogP contribution is 2.34. The zero-order valence-corrected chi connectivity index (χ0v) is 11.2. The monoisotopic (exact) mass is 277 g/mol. The first-order valence-corrected chi connectivity index (χ1v) is 6.09. The molecule has 1 aliphatic heterocycles. The van der Waals surface area contributed by atoms with Gasteiger partial charge in [0.1, 0.15) is 0 Å². The fourth-order valence-electron chi connectivity index (χ4n) is 2.20. The smallest absolute Gasteiger partial charge is 0.328 e. The number of carbonyl (C=O) groups excluding carboxylic acids is 3. The predicted octanol–water partition coefficient (Wildman–Crippen LogP) is 0.144. The third-order valence-corrected chi connectivity index (χ3v) is 3.37. The SMILES string of the molecule is Cc1ccc2c(c1C)N(CCC(=O)ONN)C(=O)C2=O. The number of nitrogens with two attached hydrogens (primary N) is 1. The Bertz CT molecular complexity index is 598. The lowest BCUT2D eigenvalue weighted by molar-refractivity contribution is -0.150. The summed E-state index contributed by atoms with van der Waals surface area (Å²) in [6.07, 6.45) is -0.0595. The largest absolute Gasteiger partial charge is 0.356 e. The van der Waals surface area contributed by atoms with E-state index in [1.165, 1.54) is 4.90 Å². The van der Waals surface area contributed by atoms with E-state index >= 15 is 0 Å². The molecule has 0 bridgehead atoms. The molecule has 0 unspecified atom stereocenters. The fourth-order valence-corrected chi connectivity index (χ4v) is 2.20. The van der Waals surface area contributed by atoms with Gasteiger partial charge in [0.15, 0.2) is 0 Å². The van der Waals surface area contributed by atoms with E-state index in [0.717, 1.165) is 11.1 Å². The second kappa shape index (κ2) is 5.40. The minimum atomic E-state index is -0.623. The van der Waals surface area contributed by atoms with Gasteiger partial charge >= 0.3 is 5.97 Å². The molecule has 20 heavy (non-hydrogen) atoms. The van der Waals surface area contributed by atoms with Gasteiger partial charge in [-0.2, -0.15) is 0 Å². The summed E-state index contributed by atoms with van der Waals surface area (Å²) in [6, 6.07) is 3.44. The van der Waals surface area contributed by atoms with E-state index in [-0.39, 0.29) is 13.0 Å². The van der Waals surface area contributed by atoms with E-state index in [1.54, 1.807) is 17.7 Å². The second-order valence-electron chi connectivity index (χ2n) is 4.53. The summed E-state index contributed by atoms with van der Waals surface area (Å²) in [5.74, 6) is 3.08. The standard InChI is InChI=1S/C13H15N3O4/c1-7-3-4-9-11(8(7)2)16(13(19)12(9)18)6-5-10(17)20-15-14/h3-4,15H,5-6,14H2,1-2H3. The van der Waals surface area contributed by atoms with Gasteiger partial charge in [-0.25, -0.2) is 5.84 Å². The summed E-state index contributed by atoms with van der Waals surface area (Å²) in [5.41, 5.74) is 4.57. The summed E-state index contributed by atoms with van der Waals surface area (Å²) in [6.45, 7) is 3.81. The number of anilines is 1. The minimum Gasteiger partial charge on any atom is -0.356 e. The van der Waals surface area contributed by atoms with E-state index in [9.17, 15) is 14.4 Å². The molecule has 0 saturated carbocycles. The lowest BCUT2D eigenvalue weighted by Gasteiger charge is -2.18. The maximum atomic E-state index is 12.0. The van der Waals surface area contributed by atoms with Crippen molar-refractivity contribution in [2.45, 2.75) is 20.3 Å². The zero-order valence-electron chi connectivity index (χ0n) is 11.2. The van der Waals surface area contributed by atoms with E-state index in [2.05, 4.69) is 4.84 Å². The Labute approximate surface area is 115 Å². The molecule has 1 heterocycles. The number of Topliss-reactive ketones (excluding diaryl/α,β-unsaturated/α-hetero) is 1. The molecule has 1 aromatic rings. The minimum absolute atomic E-state index is 0.0595. The van der Waals surface area contributed by atoms with Crippen LogP contribution < -0.4 is 16.3 Å². The molecule has 1 amide bonds. The summed E-state index contributed by atoms with van der Waals surface area (Å²) in [5, 5.41) is 0. The molecule has 3 N–H and O–H groups in total. The summed E-state index contributed by atoms with van der Waals surface area (Å²) in [4.78, 5) is 40.8. The summed E-state index contributed by atoms with van der Waals surface area (Å²) >= 11 is 0. The molecule has 0 aromatic heterocycles. The molecule has 0 fully saturated rings. The number of rotatable bonds is 4. The van der Waals surface area contributed by atoms with Crippen LogP contribution in [0.1, 0.15) is 27.9 Å². The Kier molecular flexibility index (Phi) is 3.82. The van der Waals surface area contributed by atoms with Gasteiger partial charge in [-0.05, 0) is 31.0 Å². The van der Waals surface area contributed by atoms with Crippen LogP contribution in [0.15, 0.2) is 12.1 Å². The summed E-state index contributed by atoms with van der Waals surface area (Å²) in [7, 11) is 0. The first-order chi connectivity index (χ1) is 9.47. The highest BCUT2D eigenvalue weighted by atomic mass is 16.7. The number of benzene rings is 1. The van der Waals surface area contributed by atoms with Gasteiger partial charge in [-0.1, -0.05) is 11.7 Å². The topological polar surface area (TPSA) is 102 Å². The molecule has 0 spiro atoms. The van der Waals surface area contributed by atoms with Crippen molar-refractivity contribution in [3.63, 3.8) is 0 Å². The fraction of sp³-hybridized carbons (Fsp3) is 0.308. The Hall–Kier alpha value is -2.25. The van der Waals surface area contributed by atoms with Crippen molar-refractivity contribution < 1.29 is 19.2 Å². The number of aryl methyl sites for hydroxylation is 1. The molecule has 1 aromatic carbocycles. The third-order valence-electron chi connectivity index (χ3n) is 3.37. The predicted molar refractivity (Wildman–Crippen MR) is 70.6 cm³/mol. The second-order valence-corrected chi connectivity index (χ2v) is 4.53. The van der Waals surface area contributed by atoms with Crippen molar-refractivity contribution in [1.29, 1.82) is 0 Å². The van der Waals surface area contributed by atoms with Gasteiger partial charge in [0.25, 0.3) is 11.7 Å². The third kappa shape index (κ3) is 2.28. The molecule has 106 valence electrons. The van der Waals surface area contributed by atoms with Crippen LogP contribution in [0.25, 0.3) is 0 Å². The van der Waals surface area contributed by atoms with Crippen LogP contribution in [0.4, 0.5) is 5.69 Å². The number of nitrogens with one attached hydrogen (secondary N) is 1. The maximum Gasteiger partial charge on any atom is 0.328 e. The van der Waals surface area contributed by atoms with Crippen LogP contribution in [0.2, 0.25) is 0 Å². The number of hydrogen-bond donors (Lipinski definition) is 2. The van der Waals surface area contributed by atoms with Crippen LogP contribution in [0.5, 0.6) is 0 Å². The number of amides is 1. The molecular formula is C13H15N3O4. The van der Waals surface area contributed by atoms with Crippen molar-refractivity contribution in [1.82, 2.24) is 5.59 Å². The van der Waals surface area contributed by atoms with E-state index in [0.29, 0.717) is 11.3 Å². The molecule has 7 heteroatoms. The van der Waals surface area contributed by atoms with Gasteiger partial charge < -0.3 is 9.74 Å². The van der Waals surface area contributed by atoms with Gasteiger partial charge in [0.2, 0.25) is 0 Å². The average Bonchev–Trinajstić information content (AvgIpc) is 2.65. The van der Waals surface area contributed by atoms with Crippen molar-refractivity contribution in [2.24, 2.45) is 5.84 Å². The quantitative estimate of drug-likeness (QED) is 0.461. The highest BCUT2D eigenvalue weighted by molar-refractivity contribution is 6.52. The molecule has 0 radical (unpaired) electrons. The Morgan fingerprint density at radius 3 is 2.70 bits per heavy atom. The Balaban J connectivity index is 2.28. The number of carbonyl (C=O) groups is 3. The van der Waals surface area contributed by atoms with Crippen molar-refractivity contribution >= 4 is 23.3 Å². The number of hydrogen-bond acceptors (Lipinski definition) is 6. The van der Waals surface area contributed by atoms with Crippen LogP contribution in [-0.2, 0) is 14.4 Å². The lowest BCUT2D eigenvalue weighted by atomic mass is 10.0. The van der Waals surface area contributed by atoms with Crippen LogP contribution in [-0.4, -0.2) is 24.2 Å². The molecule has 2 rings (SSSR count). The average molecular weight is 277 g/mol. The number of hydrazine groups is 1. The normalized spacial score (nSPS) is 13.7. The highest BCUT2D eigenvalue weighted by Gasteiger charge is 2.37. The Morgan fingerprint density at radius 2 is 2.05 bits per heavy atom. The molecule has 1 aliphatic rings. The molecule has 0 aliphatic carbocycles. The first-order valence-electron chi connectivity index (χ1n) is 6.09. The van der Waals surface area contributed by atoms with E-state index in [1.807, 2.05) is 13.8 Å². The Morgan fingerprint density at radius 1 is 1.35 bits per heavy atom. The summed E-state index contributed by atoms with van der Waals surface area (Å²) < 4.78 is 0. The number of fused-ring (bicyclic) bond motifs is 1. The van der Waals surface area contributed by atoms with Gasteiger partial charge in [0, 0.05) is 6.54 Å². The molecule has 0 saturated heterocycles. The van der Waals surface area contributed by atoms with Gasteiger partial charge in [0.05, 0.1) is 17.7 Å². The van der Waals surface area contributed by atoms with Crippen molar-refractivity contribution in [3.8, 4) is 0 Å². The van der Waals surface area contributed by atoms with Crippen LogP contribution in [0.3, 0.4) is 0 Å². The van der Waals surface area contributed by atoms with Crippen molar-refractivity contribution in [3.05, 3.63) is 28.8 Å². The molecule has 0 atom stereocenters. The zero-order chi connectivity index (χ0) is 14.9. The van der Waals surface area contributed by atoms with E-state index < -0.39 is 17.7 Å². The molecular weight excluding hydrogens is 262 g/mol. The number of ketones is 1. The van der Waals surface area contributed by atoms with Crippen LogP contribution in [0, 0.1) is 13.8 Å². The van der Waals surface area contributed by atoms with Crippen molar-refractivity contribution in [2.75, 3.05) is 11.4 Å². The van der Waals surface area contributed by atoms with Gasteiger partial charge in [-0.15, -0.1) is 0 Å². The lowest BCUT2D eigenvalue weighted by Crippen LogP contribution is -2.34. The maximum absolute atomic E-state index is 12.0. The number of nitrogens with zero attached hydrogens (tertiary/aromatic N) is 1. The molecule has 7 nitrogen and oxygen atoms in total.